The van der Waals surface area contributed by atoms with Crippen molar-refractivity contribution in [2.75, 3.05) is 5.32 Å². The lowest BCUT2D eigenvalue weighted by molar-refractivity contribution is -0.384. The first kappa shape index (κ1) is 17.7. The average Bonchev–Trinajstić information content (AvgIpc) is 2.48. The van der Waals surface area contributed by atoms with E-state index in [0.717, 1.165) is 11.6 Å². The highest BCUT2D eigenvalue weighted by atomic mass is 32.2. The van der Waals surface area contributed by atoms with E-state index in [1.54, 1.807) is 24.3 Å². The van der Waals surface area contributed by atoms with Gasteiger partial charge in [0.1, 0.15) is 5.69 Å². The first-order valence-electron chi connectivity index (χ1n) is 6.46. The van der Waals surface area contributed by atoms with Crippen molar-refractivity contribution in [1.29, 1.82) is 0 Å². The van der Waals surface area contributed by atoms with E-state index in [0.29, 0.717) is 17.8 Å². The molecule has 0 spiro atoms. The summed E-state index contributed by atoms with van der Waals surface area (Å²) in [5, 5.41) is 13.8. The van der Waals surface area contributed by atoms with Gasteiger partial charge >= 0.3 is 5.51 Å². The van der Waals surface area contributed by atoms with Crippen molar-refractivity contribution in [3.8, 4) is 0 Å². The lowest BCUT2D eigenvalue weighted by atomic mass is 10.2. The van der Waals surface area contributed by atoms with Gasteiger partial charge in [0.25, 0.3) is 15.5 Å². The van der Waals surface area contributed by atoms with Gasteiger partial charge in [-0.25, -0.2) is 8.42 Å². The molecule has 24 heavy (non-hydrogen) atoms. The third-order valence-corrected chi connectivity index (χ3v) is 4.60. The lowest BCUT2D eigenvalue weighted by Gasteiger charge is -2.11. The molecule has 0 unspecified atom stereocenters. The molecule has 6 nitrogen and oxygen atoms in total. The molecule has 0 atom stereocenters. The second-order valence-corrected chi connectivity index (χ2v) is 6.82. The van der Waals surface area contributed by atoms with Gasteiger partial charge in [0, 0.05) is 11.8 Å². The van der Waals surface area contributed by atoms with Crippen molar-refractivity contribution in [3.05, 3.63) is 58.1 Å². The SMILES string of the molecule is Cc1ccc(Nc2ccc(S(=O)(=O)C(F)(F)F)cc2[N+](=O)[O-])cc1. The predicted octanol–water partition coefficient (Wildman–Crippen LogP) is 3.94. The van der Waals surface area contributed by atoms with Crippen LogP contribution in [0.15, 0.2) is 47.4 Å². The van der Waals surface area contributed by atoms with Gasteiger partial charge in [0.05, 0.1) is 9.82 Å². The fourth-order valence-corrected chi connectivity index (χ4v) is 2.64. The second-order valence-electron chi connectivity index (χ2n) is 4.88. The van der Waals surface area contributed by atoms with E-state index < -0.39 is 30.9 Å². The molecule has 2 aromatic rings. The van der Waals surface area contributed by atoms with Gasteiger partial charge in [0.2, 0.25) is 0 Å². The van der Waals surface area contributed by atoms with Gasteiger partial charge in [-0.15, -0.1) is 0 Å². The zero-order valence-corrected chi connectivity index (χ0v) is 13.0. The third-order valence-electron chi connectivity index (χ3n) is 3.11. The van der Waals surface area contributed by atoms with Crippen LogP contribution in [0.1, 0.15) is 5.56 Å². The van der Waals surface area contributed by atoms with Crippen LogP contribution in [0, 0.1) is 17.0 Å². The van der Waals surface area contributed by atoms with Crippen molar-refractivity contribution in [2.45, 2.75) is 17.3 Å². The standard InChI is InChI=1S/C14H11F3N2O4S/c1-9-2-4-10(5-3-9)18-12-7-6-11(8-13(12)19(20)21)24(22,23)14(15,16)17/h2-8,18H,1H3. The van der Waals surface area contributed by atoms with E-state index in [4.69, 9.17) is 0 Å². The highest BCUT2D eigenvalue weighted by Crippen LogP contribution is 2.35. The van der Waals surface area contributed by atoms with Gasteiger partial charge in [-0.2, -0.15) is 13.2 Å². The van der Waals surface area contributed by atoms with Crippen molar-refractivity contribution in [2.24, 2.45) is 0 Å². The quantitative estimate of drug-likeness (QED) is 0.659. The topological polar surface area (TPSA) is 89.3 Å². The van der Waals surface area contributed by atoms with Crippen molar-refractivity contribution in [3.63, 3.8) is 0 Å². The molecule has 1 N–H and O–H groups in total. The molecule has 0 bridgehead atoms. The monoisotopic (exact) mass is 360 g/mol. The molecule has 0 aliphatic carbocycles. The third kappa shape index (κ3) is 3.48. The highest BCUT2D eigenvalue weighted by molar-refractivity contribution is 7.92. The van der Waals surface area contributed by atoms with Crippen molar-refractivity contribution < 1.29 is 26.5 Å². The first-order valence-corrected chi connectivity index (χ1v) is 7.94. The molecule has 0 amide bonds. The van der Waals surface area contributed by atoms with E-state index in [1.165, 1.54) is 0 Å². The summed E-state index contributed by atoms with van der Waals surface area (Å²) in [6, 6.07) is 8.70. The molecule has 0 radical (unpaired) electrons. The second kappa shape index (κ2) is 6.11. The maximum Gasteiger partial charge on any atom is 0.501 e. The lowest BCUT2D eigenvalue weighted by Crippen LogP contribution is -2.23. The normalized spacial score (nSPS) is 12.0. The number of benzene rings is 2. The number of nitro benzene ring substituents is 1. The van der Waals surface area contributed by atoms with Gasteiger partial charge < -0.3 is 5.32 Å². The molecule has 0 saturated carbocycles. The zero-order valence-electron chi connectivity index (χ0n) is 12.2. The summed E-state index contributed by atoms with van der Waals surface area (Å²) in [6.07, 6.45) is 0. The summed E-state index contributed by atoms with van der Waals surface area (Å²) < 4.78 is 60.4. The Hall–Kier alpha value is -2.62. The smallest absolute Gasteiger partial charge is 0.350 e. The number of rotatable bonds is 4. The summed E-state index contributed by atoms with van der Waals surface area (Å²) in [5.41, 5.74) is -5.02. The zero-order chi connectivity index (χ0) is 18.1. The van der Waals surface area contributed by atoms with E-state index in [1.807, 2.05) is 6.92 Å². The molecular weight excluding hydrogens is 349 g/mol. The van der Waals surface area contributed by atoms with Crippen LogP contribution in [0.5, 0.6) is 0 Å². The summed E-state index contributed by atoms with van der Waals surface area (Å²) in [4.78, 5) is 8.95. The number of hydrogen-bond donors (Lipinski definition) is 1. The Morgan fingerprint density at radius 3 is 2.17 bits per heavy atom. The summed E-state index contributed by atoms with van der Waals surface area (Å²) in [5.74, 6) is 0. The van der Waals surface area contributed by atoms with Crippen LogP contribution >= 0.6 is 0 Å². The van der Waals surface area contributed by atoms with Crippen LogP contribution in [0.2, 0.25) is 0 Å². The molecule has 0 heterocycles. The van der Waals surface area contributed by atoms with Gasteiger partial charge in [0.15, 0.2) is 0 Å². The van der Waals surface area contributed by atoms with Crippen LogP contribution in [-0.4, -0.2) is 18.8 Å². The molecule has 0 fully saturated rings. The fourth-order valence-electron chi connectivity index (χ4n) is 1.86. The van der Waals surface area contributed by atoms with E-state index >= 15 is 0 Å². The molecule has 128 valence electrons. The average molecular weight is 360 g/mol. The number of alkyl halides is 3. The van der Waals surface area contributed by atoms with Crippen LogP contribution < -0.4 is 5.32 Å². The maximum atomic E-state index is 12.6. The minimum absolute atomic E-state index is 0.120. The fraction of sp³-hybridized carbons (Fsp3) is 0.143. The number of nitro groups is 1. The maximum absolute atomic E-state index is 12.6. The van der Waals surface area contributed by atoms with Gasteiger partial charge in [-0.3, -0.25) is 10.1 Å². The molecule has 0 saturated heterocycles. The Morgan fingerprint density at radius 2 is 1.67 bits per heavy atom. The Labute approximate surface area is 135 Å². The number of hydrogen-bond acceptors (Lipinski definition) is 5. The molecule has 0 aliphatic rings. The number of aryl methyl sites for hydroxylation is 1. The van der Waals surface area contributed by atoms with Crippen molar-refractivity contribution >= 4 is 26.9 Å². The minimum Gasteiger partial charge on any atom is -0.350 e. The molecular formula is C14H11F3N2O4S. The molecule has 2 rings (SSSR count). The van der Waals surface area contributed by atoms with Crippen LogP contribution in [-0.2, 0) is 9.84 Å². The number of nitrogens with one attached hydrogen (secondary N) is 1. The van der Waals surface area contributed by atoms with Crippen LogP contribution in [0.25, 0.3) is 0 Å². The Bertz CT molecular complexity index is 878. The number of halogens is 3. The largest absolute Gasteiger partial charge is 0.501 e. The van der Waals surface area contributed by atoms with Gasteiger partial charge in [-0.05, 0) is 31.2 Å². The number of anilines is 2. The minimum atomic E-state index is -5.66. The summed E-state index contributed by atoms with van der Waals surface area (Å²) >= 11 is 0. The number of sulfone groups is 1. The van der Waals surface area contributed by atoms with Crippen molar-refractivity contribution in [1.82, 2.24) is 0 Å². The molecule has 2 aromatic carbocycles. The van der Waals surface area contributed by atoms with E-state index in [2.05, 4.69) is 5.32 Å². The van der Waals surface area contributed by atoms with Crippen LogP contribution in [0.4, 0.5) is 30.2 Å². The summed E-state index contributed by atoms with van der Waals surface area (Å²) in [7, 11) is -5.66. The van der Waals surface area contributed by atoms with Gasteiger partial charge in [-0.1, -0.05) is 17.7 Å². The molecule has 0 aliphatic heterocycles. The Balaban J connectivity index is 2.48. The molecule has 10 heteroatoms. The predicted molar refractivity (Wildman–Crippen MR) is 80.8 cm³/mol. The number of nitrogens with zero attached hydrogens (tertiary/aromatic N) is 1. The molecule has 0 aromatic heterocycles. The first-order chi connectivity index (χ1) is 11.0. The van der Waals surface area contributed by atoms with E-state index in [9.17, 15) is 31.7 Å². The Morgan fingerprint density at radius 1 is 1.08 bits per heavy atom. The van der Waals surface area contributed by atoms with Crippen LogP contribution in [0.3, 0.4) is 0 Å². The highest BCUT2D eigenvalue weighted by Gasteiger charge is 2.47. The van der Waals surface area contributed by atoms with E-state index in [-0.39, 0.29) is 5.69 Å². The summed E-state index contributed by atoms with van der Waals surface area (Å²) in [6.45, 7) is 1.84. The Kier molecular flexibility index (Phi) is 4.52.